The minimum absolute atomic E-state index is 0.0690. The molecule has 0 bridgehead atoms. The highest BCUT2D eigenvalue weighted by Gasteiger charge is 2.19. The van der Waals surface area contributed by atoms with E-state index in [0.29, 0.717) is 19.3 Å². The summed E-state index contributed by atoms with van der Waals surface area (Å²) in [4.78, 5) is 37.9. The number of ether oxygens (including phenoxy) is 3. The Kier molecular flexibility index (Phi) is 55.7. The first kappa shape index (κ1) is 65.9. The second-order valence-electron chi connectivity index (χ2n) is 20.6. The van der Waals surface area contributed by atoms with Crippen molar-refractivity contribution < 1.29 is 28.6 Å². The smallest absolute Gasteiger partial charge is 0.306 e. The third kappa shape index (κ3) is 54.8. The van der Waals surface area contributed by atoms with Crippen molar-refractivity contribution in [1.29, 1.82) is 0 Å². The van der Waals surface area contributed by atoms with Gasteiger partial charge in [0.1, 0.15) is 13.2 Å². The number of esters is 3. The van der Waals surface area contributed by atoms with E-state index in [1.54, 1.807) is 0 Å². The third-order valence-electron chi connectivity index (χ3n) is 13.7. The SMILES string of the molecule is CCCCCCCC/C=C\CCCCCCCCCC(=O)OC(COC(=O)CCCCCCCC)COC(=O)CCCCCCCCCCCCCCCCC/C=C\CCCCCCCCCC. The maximum Gasteiger partial charge on any atom is 0.306 e. The van der Waals surface area contributed by atoms with E-state index in [1.807, 2.05) is 0 Å². The Morgan fingerprint density at radius 2 is 0.485 bits per heavy atom. The molecule has 1 unspecified atom stereocenters. The van der Waals surface area contributed by atoms with Gasteiger partial charge in [-0.3, -0.25) is 14.4 Å². The summed E-state index contributed by atoms with van der Waals surface area (Å²) in [6.45, 7) is 6.62. The van der Waals surface area contributed by atoms with Crippen LogP contribution in [0.3, 0.4) is 0 Å². The van der Waals surface area contributed by atoms with Gasteiger partial charge in [0, 0.05) is 19.3 Å². The van der Waals surface area contributed by atoms with Crippen LogP contribution >= 0.6 is 0 Å². The van der Waals surface area contributed by atoms with Crippen LogP contribution in [0.15, 0.2) is 24.3 Å². The number of hydrogen-bond donors (Lipinski definition) is 0. The van der Waals surface area contributed by atoms with Crippen molar-refractivity contribution in [2.24, 2.45) is 0 Å². The Hall–Kier alpha value is -2.11. The fourth-order valence-electron chi connectivity index (χ4n) is 9.08. The summed E-state index contributed by atoms with van der Waals surface area (Å²) in [7, 11) is 0. The van der Waals surface area contributed by atoms with Crippen LogP contribution in [0.2, 0.25) is 0 Å². The highest BCUT2D eigenvalue weighted by molar-refractivity contribution is 5.71. The summed E-state index contributed by atoms with van der Waals surface area (Å²) in [6.07, 6.45) is 67.9. The largest absolute Gasteiger partial charge is 0.462 e. The molecule has 0 aliphatic carbocycles. The summed E-state index contributed by atoms with van der Waals surface area (Å²) in [5, 5.41) is 0. The van der Waals surface area contributed by atoms with Crippen LogP contribution in [0.1, 0.15) is 335 Å². The average Bonchev–Trinajstić information content (AvgIpc) is 3.34. The molecule has 400 valence electrons. The lowest BCUT2D eigenvalue weighted by atomic mass is 10.0. The van der Waals surface area contributed by atoms with E-state index >= 15 is 0 Å². The van der Waals surface area contributed by atoms with Gasteiger partial charge in [-0.1, -0.05) is 270 Å². The first-order chi connectivity index (χ1) is 33.5. The number of allylic oxidation sites excluding steroid dienone is 4. The van der Waals surface area contributed by atoms with E-state index in [9.17, 15) is 14.4 Å². The van der Waals surface area contributed by atoms with Crippen molar-refractivity contribution in [1.82, 2.24) is 0 Å². The molecule has 68 heavy (non-hydrogen) atoms. The summed E-state index contributed by atoms with van der Waals surface area (Å²) in [6, 6.07) is 0. The van der Waals surface area contributed by atoms with E-state index in [-0.39, 0.29) is 31.1 Å². The van der Waals surface area contributed by atoms with Crippen LogP contribution in [-0.4, -0.2) is 37.2 Å². The van der Waals surface area contributed by atoms with Crippen molar-refractivity contribution in [2.75, 3.05) is 13.2 Å². The molecule has 0 N–H and O–H groups in total. The van der Waals surface area contributed by atoms with Crippen LogP contribution in [0.5, 0.6) is 0 Å². The zero-order valence-electron chi connectivity index (χ0n) is 45.9. The van der Waals surface area contributed by atoms with Crippen molar-refractivity contribution in [3.05, 3.63) is 24.3 Å². The Balaban J connectivity index is 4.03. The molecule has 6 nitrogen and oxygen atoms in total. The molecule has 0 radical (unpaired) electrons. The van der Waals surface area contributed by atoms with Gasteiger partial charge in [0.2, 0.25) is 0 Å². The Bertz CT molecular complexity index is 1100. The van der Waals surface area contributed by atoms with Gasteiger partial charge >= 0.3 is 17.9 Å². The molecule has 6 heteroatoms. The molecule has 1 atom stereocenters. The van der Waals surface area contributed by atoms with Crippen LogP contribution in [-0.2, 0) is 28.6 Å². The highest BCUT2D eigenvalue weighted by Crippen LogP contribution is 2.17. The zero-order chi connectivity index (χ0) is 49.3. The molecule has 0 heterocycles. The number of carbonyl (C=O) groups is 3. The fourth-order valence-corrected chi connectivity index (χ4v) is 9.08. The van der Waals surface area contributed by atoms with E-state index in [1.165, 1.54) is 238 Å². The van der Waals surface area contributed by atoms with Crippen LogP contribution in [0.25, 0.3) is 0 Å². The molecule has 0 aromatic carbocycles. The minimum Gasteiger partial charge on any atom is -0.462 e. The summed E-state index contributed by atoms with van der Waals surface area (Å²) in [5.41, 5.74) is 0. The molecule has 0 spiro atoms. The summed E-state index contributed by atoms with van der Waals surface area (Å²) in [5.74, 6) is -0.865. The Labute approximate surface area is 423 Å². The molecule has 0 aromatic heterocycles. The monoisotopic (exact) mass is 957 g/mol. The van der Waals surface area contributed by atoms with Crippen LogP contribution < -0.4 is 0 Å². The van der Waals surface area contributed by atoms with Gasteiger partial charge in [-0.15, -0.1) is 0 Å². The van der Waals surface area contributed by atoms with Gasteiger partial charge < -0.3 is 14.2 Å². The predicted octanol–water partition coefficient (Wildman–Crippen LogP) is 20.3. The molecular weight excluding hydrogens is 841 g/mol. The van der Waals surface area contributed by atoms with E-state index in [4.69, 9.17) is 14.2 Å². The lowest BCUT2D eigenvalue weighted by Gasteiger charge is -2.18. The fraction of sp³-hybridized carbons (Fsp3) is 0.887. The first-order valence-electron chi connectivity index (χ1n) is 30.3. The first-order valence-corrected chi connectivity index (χ1v) is 30.3. The van der Waals surface area contributed by atoms with Gasteiger partial charge in [0.25, 0.3) is 0 Å². The van der Waals surface area contributed by atoms with Gasteiger partial charge in [0.05, 0.1) is 0 Å². The number of hydrogen-bond acceptors (Lipinski definition) is 6. The van der Waals surface area contributed by atoms with Crippen molar-refractivity contribution in [3.63, 3.8) is 0 Å². The van der Waals surface area contributed by atoms with E-state index in [2.05, 4.69) is 45.1 Å². The van der Waals surface area contributed by atoms with Crippen LogP contribution in [0.4, 0.5) is 0 Å². The van der Waals surface area contributed by atoms with Crippen molar-refractivity contribution >= 4 is 17.9 Å². The second-order valence-corrected chi connectivity index (χ2v) is 20.6. The molecule has 0 fully saturated rings. The molecule has 0 aliphatic heterocycles. The molecule has 0 aliphatic rings. The Morgan fingerprint density at radius 1 is 0.279 bits per heavy atom. The maximum atomic E-state index is 12.8. The molecule has 0 saturated heterocycles. The lowest BCUT2D eigenvalue weighted by molar-refractivity contribution is -0.167. The van der Waals surface area contributed by atoms with Gasteiger partial charge in [-0.2, -0.15) is 0 Å². The summed E-state index contributed by atoms with van der Waals surface area (Å²) >= 11 is 0. The number of carbonyl (C=O) groups excluding carboxylic acids is 3. The second kappa shape index (κ2) is 57.5. The number of rotatable bonds is 56. The standard InChI is InChI=1S/C62H116O6/c1-4-7-10-13-16-18-20-22-24-26-27-28-29-30-31-32-33-34-35-37-38-40-42-44-46-49-52-55-61(64)67-58-59(57-66-60(63)54-51-48-15-12-9-6-3)68-62(65)56-53-50-47-45-43-41-39-36-25-23-21-19-17-14-11-8-5-2/h23,25-27,59H,4-22,24,28-58H2,1-3H3/b25-23-,27-26-. The van der Waals surface area contributed by atoms with Gasteiger partial charge in [0.15, 0.2) is 6.10 Å². The Morgan fingerprint density at radius 3 is 0.735 bits per heavy atom. The normalized spacial score (nSPS) is 12.1. The predicted molar refractivity (Wildman–Crippen MR) is 293 cm³/mol. The van der Waals surface area contributed by atoms with Crippen molar-refractivity contribution in [2.45, 2.75) is 341 Å². The molecular formula is C62H116O6. The van der Waals surface area contributed by atoms with E-state index in [0.717, 1.165) is 57.8 Å². The highest BCUT2D eigenvalue weighted by atomic mass is 16.6. The third-order valence-corrected chi connectivity index (χ3v) is 13.7. The van der Waals surface area contributed by atoms with Gasteiger partial charge in [-0.05, 0) is 70.6 Å². The van der Waals surface area contributed by atoms with Crippen LogP contribution in [0, 0.1) is 0 Å². The van der Waals surface area contributed by atoms with Gasteiger partial charge in [-0.25, -0.2) is 0 Å². The molecule has 0 aromatic rings. The molecule has 0 rings (SSSR count). The number of unbranched alkanes of at least 4 members (excludes halogenated alkanes) is 41. The van der Waals surface area contributed by atoms with E-state index < -0.39 is 6.10 Å². The summed E-state index contributed by atoms with van der Waals surface area (Å²) < 4.78 is 16.8. The molecule has 0 saturated carbocycles. The maximum absolute atomic E-state index is 12.8. The minimum atomic E-state index is -0.767. The molecule has 0 amide bonds. The lowest BCUT2D eigenvalue weighted by Crippen LogP contribution is -2.30. The average molecular weight is 958 g/mol. The topological polar surface area (TPSA) is 78.9 Å². The zero-order valence-corrected chi connectivity index (χ0v) is 45.9. The van der Waals surface area contributed by atoms with Crippen molar-refractivity contribution in [3.8, 4) is 0 Å². The quantitative estimate of drug-likeness (QED) is 0.0262.